The lowest BCUT2D eigenvalue weighted by Gasteiger charge is -2.10. The summed E-state index contributed by atoms with van der Waals surface area (Å²) >= 11 is 0. The summed E-state index contributed by atoms with van der Waals surface area (Å²) in [6.45, 7) is 4.11. The number of urea groups is 1. The molecule has 0 heterocycles. The van der Waals surface area contributed by atoms with Gasteiger partial charge in [-0.1, -0.05) is 12.1 Å². The van der Waals surface area contributed by atoms with Gasteiger partial charge in [-0.3, -0.25) is 0 Å². The molecule has 21 heavy (non-hydrogen) atoms. The van der Waals surface area contributed by atoms with Crippen molar-refractivity contribution in [2.75, 3.05) is 25.1 Å². The number of benzene rings is 1. The highest BCUT2D eigenvalue weighted by molar-refractivity contribution is 5.89. The smallest absolute Gasteiger partial charge is 0.319 e. The second kappa shape index (κ2) is 8.00. The number of hydrogen-bond acceptors (Lipinski definition) is 3. The van der Waals surface area contributed by atoms with Crippen molar-refractivity contribution in [3.8, 4) is 0 Å². The van der Waals surface area contributed by atoms with E-state index in [0.29, 0.717) is 13.2 Å². The number of rotatable bonds is 8. The van der Waals surface area contributed by atoms with Crippen LogP contribution >= 0.6 is 0 Å². The Hall–Kier alpha value is -1.59. The molecule has 0 aliphatic heterocycles. The van der Waals surface area contributed by atoms with Gasteiger partial charge in [0, 0.05) is 31.5 Å². The molecule has 5 nitrogen and oxygen atoms in total. The van der Waals surface area contributed by atoms with Gasteiger partial charge in [-0.2, -0.15) is 0 Å². The summed E-state index contributed by atoms with van der Waals surface area (Å²) in [5.74, 6) is 0.790. The van der Waals surface area contributed by atoms with Crippen LogP contribution in [0.25, 0.3) is 0 Å². The van der Waals surface area contributed by atoms with Crippen LogP contribution in [0.5, 0.6) is 0 Å². The summed E-state index contributed by atoms with van der Waals surface area (Å²) < 4.78 is 5.51. The zero-order valence-electron chi connectivity index (χ0n) is 12.6. The fourth-order valence-corrected chi connectivity index (χ4v) is 1.99. The third-order valence-corrected chi connectivity index (χ3v) is 3.47. The molecule has 116 valence electrons. The topological polar surface area (TPSA) is 76.4 Å². The molecule has 1 atom stereocenters. The highest BCUT2D eigenvalue weighted by atomic mass is 16.5. The van der Waals surface area contributed by atoms with Gasteiger partial charge < -0.3 is 21.1 Å². The third-order valence-electron chi connectivity index (χ3n) is 3.47. The molecule has 0 bridgehead atoms. The molecule has 2 amide bonds. The standard InChI is InChI=1S/C16H25N3O2/c1-12(17)14-4-2-5-15(10-14)19-16(20)18-8-3-9-21-11-13-6-7-13/h2,4-5,10,12-13H,3,6-9,11,17H2,1H3,(H2,18,19,20). The third kappa shape index (κ3) is 6.14. The molecule has 5 heteroatoms. The predicted octanol–water partition coefficient (Wildman–Crippen LogP) is 2.64. The monoisotopic (exact) mass is 291 g/mol. The summed E-state index contributed by atoms with van der Waals surface area (Å²) in [5, 5.41) is 5.63. The first-order valence-corrected chi connectivity index (χ1v) is 7.63. The fourth-order valence-electron chi connectivity index (χ4n) is 1.99. The zero-order valence-corrected chi connectivity index (χ0v) is 12.6. The van der Waals surface area contributed by atoms with E-state index in [-0.39, 0.29) is 12.1 Å². The Labute approximate surface area is 126 Å². The Morgan fingerprint density at radius 2 is 2.29 bits per heavy atom. The normalized spacial score (nSPS) is 15.5. The number of anilines is 1. The molecule has 2 rings (SSSR count). The number of nitrogens with one attached hydrogen (secondary N) is 2. The molecule has 1 aliphatic rings. The van der Waals surface area contributed by atoms with E-state index < -0.39 is 0 Å². The number of hydrogen-bond donors (Lipinski definition) is 3. The van der Waals surface area contributed by atoms with Gasteiger partial charge in [0.05, 0.1) is 0 Å². The van der Waals surface area contributed by atoms with Crippen molar-refractivity contribution in [1.82, 2.24) is 5.32 Å². The highest BCUT2D eigenvalue weighted by Crippen LogP contribution is 2.28. The SMILES string of the molecule is CC(N)c1cccc(NC(=O)NCCCOCC2CC2)c1. The minimum Gasteiger partial charge on any atom is -0.381 e. The summed E-state index contributed by atoms with van der Waals surface area (Å²) in [6, 6.07) is 7.34. The first-order chi connectivity index (χ1) is 10.1. The lowest BCUT2D eigenvalue weighted by atomic mass is 10.1. The molecule has 4 N–H and O–H groups in total. The summed E-state index contributed by atoms with van der Waals surface area (Å²) in [5.41, 5.74) is 7.58. The second-order valence-corrected chi connectivity index (χ2v) is 5.67. The number of carbonyl (C=O) groups excluding carboxylic acids is 1. The zero-order chi connectivity index (χ0) is 15.1. The van der Waals surface area contributed by atoms with E-state index in [9.17, 15) is 4.79 Å². The van der Waals surface area contributed by atoms with Gasteiger partial charge in [0.1, 0.15) is 0 Å². The maximum atomic E-state index is 11.8. The molecule has 1 saturated carbocycles. The molecule has 0 aromatic heterocycles. The van der Waals surface area contributed by atoms with Gasteiger partial charge in [-0.25, -0.2) is 4.79 Å². The van der Waals surface area contributed by atoms with E-state index in [4.69, 9.17) is 10.5 Å². The lowest BCUT2D eigenvalue weighted by Crippen LogP contribution is -2.30. The summed E-state index contributed by atoms with van der Waals surface area (Å²) in [4.78, 5) is 11.8. The Balaban J connectivity index is 1.60. The van der Waals surface area contributed by atoms with Crippen molar-refractivity contribution in [2.24, 2.45) is 11.7 Å². The number of amides is 2. The quantitative estimate of drug-likeness (QED) is 0.644. The summed E-state index contributed by atoms with van der Waals surface area (Å²) in [7, 11) is 0. The molecule has 0 saturated heterocycles. The van der Waals surface area contributed by atoms with Gasteiger partial charge in [-0.05, 0) is 49.8 Å². The van der Waals surface area contributed by atoms with Crippen LogP contribution in [0.4, 0.5) is 10.5 Å². The Morgan fingerprint density at radius 1 is 1.48 bits per heavy atom. The number of carbonyl (C=O) groups is 1. The van der Waals surface area contributed by atoms with E-state index in [1.54, 1.807) is 0 Å². The van der Waals surface area contributed by atoms with Gasteiger partial charge >= 0.3 is 6.03 Å². The first kappa shape index (κ1) is 15.8. The van der Waals surface area contributed by atoms with Gasteiger partial charge in [0.25, 0.3) is 0 Å². The summed E-state index contributed by atoms with van der Waals surface area (Å²) in [6.07, 6.45) is 3.45. The van der Waals surface area contributed by atoms with Crippen LogP contribution < -0.4 is 16.4 Å². The van der Waals surface area contributed by atoms with Gasteiger partial charge in [-0.15, -0.1) is 0 Å². The average molecular weight is 291 g/mol. The van der Waals surface area contributed by atoms with Gasteiger partial charge in [0.15, 0.2) is 0 Å². The molecule has 1 aromatic rings. The maximum absolute atomic E-state index is 11.8. The molecular formula is C16H25N3O2. The van der Waals surface area contributed by atoms with Crippen LogP contribution in [0.3, 0.4) is 0 Å². The average Bonchev–Trinajstić information content (AvgIpc) is 3.27. The minimum absolute atomic E-state index is 0.0431. The van der Waals surface area contributed by atoms with Gasteiger partial charge in [0.2, 0.25) is 0 Å². The molecular weight excluding hydrogens is 266 g/mol. The van der Waals surface area contributed by atoms with E-state index in [0.717, 1.165) is 30.2 Å². The predicted molar refractivity (Wildman–Crippen MR) is 84.2 cm³/mol. The lowest BCUT2D eigenvalue weighted by molar-refractivity contribution is 0.122. The number of nitrogens with two attached hydrogens (primary N) is 1. The highest BCUT2D eigenvalue weighted by Gasteiger charge is 2.20. The van der Waals surface area contributed by atoms with Crippen LogP contribution in [0.1, 0.15) is 37.8 Å². The first-order valence-electron chi connectivity index (χ1n) is 7.63. The van der Waals surface area contributed by atoms with Crippen LogP contribution in [0.2, 0.25) is 0 Å². The van der Waals surface area contributed by atoms with Crippen molar-refractivity contribution in [2.45, 2.75) is 32.2 Å². The van der Waals surface area contributed by atoms with E-state index in [1.165, 1.54) is 12.8 Å². The van der Waals surface area contributed by atoms with Crippen LogP contribution in [0.15, 0.2) is 24.3 Å². The van der Waals surface area contributed by atoms with Crippen molar-refractivity contribution < 1.29 is 9.53 Å². The van der Waals surface area contributed by atoms with E-state index >= 15 is 0 Å². The largest absolute Gasteiger partial charge is 0.381 e. The van der Waals surface area contributed by atoms with E-state index in [1.807, 2.05) is 31.2 Å². The number of ether oxygens (including phenoxy) is 1. The minimum atomic E-state index is -0.195. The Morgan fingerprint density at radius 3 is 3.00 bits per heavy atom. The van der Waals surface area contributed by atoms with Crippen molar-refractivity contribution >= 4 is 11.7 Å². The van der Waals surface area contributed by atoms with Crippen molar-refractivity contribution in [1.29, 1.82) is 0 Å². The van der Waals surface area contributed by atoms with Crippen molar-refractivity contribution in [3.05, 3.63) is 29.8 Å². The fraction of sp³-hybridized carbons (Fsp3) is 0.562. The van der Waals surface area contributed by atoms with E-state index in [2.05, 4.69) is 10.6 Å². The molecule has 1 aliphatic carbocycles. The van der Waals surface area contributed by atoms with Crippen LogP contribution in [0, 0.1) is 5.92 Å². The Kier molecular flexibility index (Phi) is 6.02. The molecule has 1 unspecified atom stereocenters. The second-order valence-electron chi connectivity index (χ2n) is 5.67. The van der Waals surface area contributed by atoms with Crippen LogP contribution in [-0.4, -0.2) is 25.8 Å². The molecule has 0 radical (unpaired) electrons. The van der Waals surface area contributed by atoms with Crippen LogP contribution in [-0.2, 0) is 4.74 Å². The molecule has 1 aromatic carbocycles. The van der Waals surface area contributed by atoms with Crippen molar-refractivity contribution in [3.63, 3.8) is 0 Å². The molecule has 1 fully saturated rings. The molecule has 0 spiro atoms. The maximum Gasteiger partial charge on any atom is 0.319 e. The Bertz CT molecular complexity index is 459.